The third kappa shape index (κ3) is 4.75. The Morgan fingerprint density at radius 1 is 1.03 bits per heavy atom. The zero-order valence-corrected chi connectivity index (χ0v) is 19.3. The Morgan fingerprint density at radius 2 is 1.76 bits per heavy atom. The van der Waals surface area contributed by atoms with Crippen LogP contribution in [0.3, 0.4) is 0 Å². The zero-order valence-electron chi connectivity index (χ0n) is 18.5. The third-order valence-electron chi connectivity index (χ3n) is 4.99. The second-order valence-corrected chi connectivity index (χ2v) is 9.04. The third-order valence-corrected chi connectivity index (χ3v) is 5.92. The van der Waals surface area contributed by atoms with Crippen molar-refractivity contribution in [3.63, 3.8) is 0 Å². The summed E-state index contributed by atoms with van der Waals surface area (Å²) in [4.78, 5) is 37.5. The van der Waals surface area contributed by atoms with E-state index >= 15 is 0 Å². The number of carbonyl (C=O) groups excluding carboxylic acids is 2. The lowest BCUT2D eigenvalue weighted by atomic mass is 10.1. The molecule has 2 aromatic heterocycles. The monoisotopic (exact) mass is 464 g/mol. The number of aromatic nitrogens is 4. The maximum atomic E-state index is 13.0. The van der Waals surface area contributed by atoms with Gasteiger partial charge < -0.3 is 0 Å². The molecule has 2 heterocycles. The van der Waals surface area contributed by atoms with Gasteiger partial charge in [-0.3, -0.25) is 34.2 Å². The Bertz CT molecular complexity index is 1390. The largest absolute Gasteiger partial charge is 0.276 e. The molecule has 2 aromatic carbocycles. The van der Waals surface area contributed by atoms with E-state index in [0.717, 1.165) is 5.56 Å². The summed E-state index contributed by atoms with van der Waals surface area (Å²) < 4.78 is 3.41. The van der Waals surface area contributed by atoms with E-state index in [2.05, 4.69) is 21.0 Å². The van der Waals surface area contributed by atoms with Crippen LogP contribution in [0.25, 0.3) is 16.7 Å². The number of carbonyl (C=O) groups is 2. The standard InChI is InChI=1S/C23H24N6O3S/c1-14(2)12-28-21(32)17-6-4-5-7-18(17)29-22(28)26-27-23(29)33-13-19(30)24-25-20(31)16-10-8-15(3)9-11-16/h4-11,14H,12-13H2,1-3H3,(H,24,30)(H,25,31). The number of fused-ring (bicyclic) bond motifs is 3. The minimum atomic E-state index is -0.398. The summed E-state index contributed by atoms with van der Waals surface area (Å²) in [6.07, 6.45) is 0. The number of thioether (sulfide) groups is 1. The van der Waals surface area contributed by atoms with E-state index in [1.54, 1.807) is 27.2 Å². The molecule has 10 heteroatoms. The smallest absolute Gasteiger partial charge is 0.269 e. The lowest BCUT2D eigenvalue weighted by molar-refractivity contribution is -0.119. The first kappa shape index (κ1) is 22.5. The normalized spacial score (nSPS) is 11.3. The van der Waals surface area contributed by atoms with Crippen LogP contribution < -0.4 is 16.4 Å². The number of benzene rings is 2. The van der Waals surface area contributed by atoms with Crippen molar-refractivity contribution in [2.24, 2.45) is 5.92 Å². The first-order chi connectivity index (χ1) is 15.8. The summed E-state index contributed by atoms with van der Waals surface area (Å²) in [5.41, 5.74) is 6.88. The van der Waals surface area contributed by atoms with E-state index in [-0.39, 0.29) is 17.2 Å². The van der Waals surface area contributed by atoms with Crippen LogP contribution in [-0.4, -0.2) is 36.7 Å². The molecule has 9 nitrogen and oxygen atoms in total. The number of aryl methyl sites for hydroxylation is 1. The van der Waals surface area contributed by atoms with Gasteiger partial charge in [-0.15, -0.1) is 10.2 Å². The average Bonchev–Trinajstić information content (AvgIpc) is 3.23. The van der Waals surface area contributed by atoms with Gasteiger partial charge in [-0.2, -0.15) is 0 Å². The molecule has 170 valence electrons. The van der Waals surface area contributed by atoms with Crippen LogP contribution in [0.4, 0.5) is 0 Å². The molecule has 0 saturated heterocycles. The van der Waals surface area contributed by atoms with Gasteiger partial charge in [0.05, 0.1) is 16.7 Å². The van der Waals surface area contributed by atoms with Crippen LogP contribution in [0, 0.1) is 12.8 Å². The number of hydrogen-bond donors (Lipinski definition) is 2. The molecule has 0 radical (unpaired) electrons. The number of amides is 2. The molecule has 4 rings (SSSR count). The Hall–Kier alpha value is -3.66. The highest BCUT2D eigenvalue weighted by Gasteiger charge is 2.18. The predicted molar refractivity (Wildman–Crippen MR) is 127 cm³/mol. The molecule has 0 unspecified atom stereocenters. The molecule has 0 aliphatic carbocycles. The Morgan fingerprint density at radius 3 is 2.48 bits per heavy atom. The van der Waals surface area contributed by atoms with Crippen LogP contribution in [0.5, 0.6) is 0 Å². The Balaban J connectivity index is 1.52. The molecule has 4 aromatic rings. The van der Waals surface area contributed by atoms with E-state index in [1.165, 1.54) is 11.8 Å². The summed E-state index contributed by atoms with van der Waals surface area (Å²) in [5, 5.41) is 9.50. The van der Waals surface area contributed by atoms with Gasteiger partial charge in [0, 0.05) is 12.1 Å². The molecule has 0 bridgehead atoms. The summed E-state index contributed by atoms with van der Waals surface area (Å²) >= 11 is 1.17. The SMILES string of the molecule is Cc1ccc(C(=O)NNC(=O)CSc2nnc3n(CC(C)C)c(=O)c4ccccc4n23)cc1. The first-order valence-corrected chi connectivity index (χ1v) is 11.5. The first-order valence-electron chi connectivity index (χ1n) is 10.5. The number of para-hydroxylation sites is 1. The summed E-state index contributed by atoms with van der Waals surface area (Å²) in [5.74, 6) is -0.111. The molecule has 33 heavy (non-hydrogen) atoms. The topological polar surface area (TPSA) is 110 Å². The van der Waals surface area contributed by atoms with Crippen LogP contribution in [0.2, 0.25) is 0 Å². The van der Waals surface area contributed by atoms with Gasteiger partial charge in [0.15, 0.2) is 5.16 Å². The quantitative estimate of drug-likeness (QED) is 0.335. The van der Waals surface area contributed by atoms with Gasteiger partial charge in [-0.05, 0) is 37.1 Å². The van der Waals surface area contributed by atoms with E-state index in [4.69, 9.17) is 0 Å². The minimum absolute atomic E-state index is 0.00655. The lowest BCUT2D eigenvalue weighted by Gasteiger charge is -2.13. The fourth-order valence-corrected chi connectivity index (χ4v) is 4.17. The number of hydrogen-bond acceptors (Lipinski definition) is 6. The fraction of sp³-hybridized carbons (Fsp3) is 0.261. The Kier molecular flexibility index (Phi) is 6.45. The van der Waals surface area contributed by atoms with Crippen molar-refractivity contribution in [3.05, 3.63) is 70.0 Å². The number of nitrogens with one attached hydrogen (secondary N) is 2. The zero-order chi connectivity index (χ0) is 23.5. The molecule has 2 amide bonds. The van der Waals surface area contributed by atoms with Gasteiger partial charge >= 0.3 is 0 Å². The second-order valence-electron chi connectivity index (χ2n) is 8.10. The molecular weight excluding hydrogens is 440 g/mol. The van der Waals surface area contributed by atoms with Crippen molar-refractivity contribution < 1.29 is 9.59 Å². The minimum Gasteiger partial charge on any atom is -0.276 e. The van der Waals surface area contributed by atoms with Crippen LogP contribution in [0.1, 0.15) is 29.8 Å². The highest BCUT2D eigenvalue weighted by molar-refractivity contribution is 7.99. The van der Waals surface area contributed by atoms with E-state index < -0.39 is 11.8 Å². The van der Waals surface area contributed by atoms with Crippen LogP contribution in [0.15, 0.2) is 58.5 Å². The molecular formula is C23H24N6O3S. The van der Waals surface area contributed by atoms with E-state index in [9.17, 15) is 14.4 Å². The van der Waals surface area contributed by atoms with Gasteiger partial charge in [-0.1, -0.05) is 55.4 Å². The predicted octanol–water partition coefficient (Wildman–Crippen LogP) is 2.56. The van der Waals surface area contributed by atoms with Gasteiger partial charge in [0.2, 0.25) is 11.7 Å². The molecule has 0 atom stereocenters. The second kappa shape index (κ2) is 9.45. The van der Waals surface area contributed by atoms with Crippen LogP contribution >= 0.6 is 11.8 Å². The maximum Gasteiger partial charge on any atom is 0.269 e. The van der Waals surface area contributed by atoms with Gasteiger partial charge in [0.25, 0.3) is 11.5 Å². The van der Waals surface area contributed by atoms with Crippen molar-refractivity contribution in [1.29, 1.82) is 0 Å². The van der Waals surface area contributed by atoms with Crippen molar-refractivity contribution in [2.45, 2.75) is 32.5 Å². The van der Waals surface area contributed by atoms with Crippen molar-refractivity contribution in [2.75, 3.05) is 5.75 Å². The lowest BCUT2D eigenvalue weighted by Crippen LogP contribution is -2.42. The number of hydrazine groups is 1. The number of nitrogens with zero attached hydrogens (tertiary/aromatic N) is 4. The number of rotatable bonds is 6. The fourth-order valence-electron chi connectivity index (χ4n) is 3.43. The molecule has 0 saturated carbocycles. The Labute approximate surface area is 194 Å². The molecule has 0 aliphatic rings. The molecule has 0 aliphatic heterocycles. The van der Waals surface area contributed by atoms with Crippen molar-refractivity contribution in [1.82, 2.24) is 30.0 Å². The maximum absolute atomic E-state index is 13.0. The highest BCUT2D eigenvalue weighted by Crippen LogP contribution is 2.21. The van der Waals surface area contributed by atoms with Crippen LogP contribution in [-0.2, 0) is 11.3 Å². The summed E-state index contributed by atoms with van der Waals surface area (Å²) in [6.45, 7) is 6.49. The highest BCUT2D eigenvalue weighted by atomic mass is 32.2. The summed E-state index contributed by atoms with van der Waals surface area (Å²) in [6, 6.07) is 14.3. The molecule has 2 N–H and O–H groups in total. The molecule has 0 spiro atoms. The van der Waals surface area contributed by atoms with Crippen molar-refractivity contribution >= 4 is 40.3 Å². The van der Waals surface area contributed by atoms with Gasteiger partial charge in [-0.25, -0.2) is 0 Å². The van der Waals surface area contributed by atoms with E-state index in [1.807, 2.05) is 51.1 Å². The van der Waals surface area contributed by atoms with Gasteiger partial charge in [0.1, 0.15) is 0 Å². The van der Waals surface area contributed by atoms with Crippen molar-refractivity contribution in [3.8, 4) is 0 Å². The summed E-state index contributed by atoms with van der Waals surface area (Å²) in [7, 11) is 0. The van der Waals surface area contributed by atoms with E-state index in [0.29, 0.717) is 33.9 Å². The average molecular weight is 465 g/mol. The molecule has 0 fully saturated rings.